The molecular formula is C9H6F2O3. The quantitative estimate of drug-likeness (QED) is 0.757. The van der Waals surface area contributed by atoms with Crippen molar-refractivity contribution < 1.29 is 23.5 Å². The van der Waals surface area contributed by atoms with Crippen LogP contribution in [0.5, 0.6) is 0 Å². The molecule has 1 rings (SSSR count). The topological polar surface area (TPSA) is 54.4 Å². The monoisotopic (exact) mass is 200 g/mol. The Morgan fingerprint density at radius 1 is 1.07 bits per heavy atom. The van der Waals surface area contributed by atoms with Gasteiger partial charge in [0.2, 0.25) is 5.78 Å². The van der Waals surface area contributed by atoms with Crippen LogP contribution >= 0.6 is 0 Å². The zero-order chi connectivity index (χ0) is 10.7. The molecule has 1 N–H and O–H groups in total. The molecule has 0 heterocycles. The smallest absolute Gasteiger partial charge is 0.335 e. The van der Waals surface area contributed by atoms with Crippen LogP contribution in [0, 0.1) is 0 Å². The third kappa shape index (κ3) is 2.12. The second-order valence-electron chi connectivity index (χ2n) is 2.55. The van der Waals surface area contributed by atoms with Crippen LogP contribution < -0.4 is 0 Å². The van der Waals surface area contributed by atoms with Crippen molar-refractivity contribution in [3.8, 4) is 0 Å². The Bertz CT molecular complexity index is 357. The lowest BCUT2D eigenvalue weighted by Gasteiger charge is -1.99. The lowest BCUT2D eigenvalue weighted by atomic mass is 10.1. The molecule has 14 heavy (non-hydrogen) atoms. The van der Waals surface area contributed by atoms with Gasteiger partial charge in [-0.3, -0.25) is 4.79 Å². The lowest BCUT2D eigenvalue weighted by Crippen LogP contribution is -2.10. The number of carbonyl (C=O) groups is 2. The predicted octanol–water partition coefficient (Wildman–Crippen LogP) is 1.83. The van der Waals surface area contributed by atoms with Gasteiger partial charge in [0.05, 0.1) is 5.56 Å². The Kier molecular flexibility index (Phi) is 2.91. The highest BCUT2D eigenvalue weighted by Gasteiger charge is 2.17. The van der Waals surface area contributed by atoms with Crippen molar-refractivity contribution in [2.75, 3.05) is 0 Å². The number of Topliss-reactive ketones (excluding diaryl/α,β-unsaturated/α-hetero) is 1. The second-order valence-corrected chi connectivity index (χ2v) is 2.55. The first-order valence-electron chi connectivity index (χ1n) is 3.68. The summed E-state index contributed by atoms with van der Waals surface area (Å²) in [6.07, 6.45) is -3.06. The third-order valence-electron chi connectivity index (χ3n) is 1.61. The van der Waals surface area contributed by atoms with E-state index in [0.717, 1.165) is 24.3 Å². The van der Waals surface area contributed by atoms with E-state index in [9.17, 15) is 18.4 Å². The molecule has 0 fully saturated rings. The summed E-state index contributed by atoms with van der Waals surface area (Å²) in [6.45, 7) is 0. The first kappa shape index (κ1) is 10.3. The number of halogens is 2. The molecule has 0 saturated carbocycles. The first-order valence-corrected chi connectivity index (χ1v) is 3.68. The first-order chi connectivity index (χ1) is 6.52. The van der Waals surface area contributed by atoms with Crippen LogP contribution in [0.15, 0.2) is 24.3 Å². The number of alkyl halides is 2. The van der Waals surface area contributed by atoms with Crippen LogP contribution in [0.3, 0.4) is 0 Å². The van der Waals surface area contributed by atoms with Gasteiger partial charge >= 0.3 is 12.4 Å². The van der Waals surface area contributed by atoms with Crippen LogP contribution in [-0.2, 0) is 0 Å². The van der Waals surface area contributed by atoms with Crippen molar-refractivity contribution >= 4 is 11.8 Å². The van der Waals surface area contributed by atoms with Gasteiger partial charge in [-0.2, -0.15) is 0 Å². The number of hydrogen-bond acceptors (Lipinski definition) is 2. The summed E-state index contributed by atoms with van der Waals surface area (Å²) in [5, 5.41) is 8.49. The fraction of sp³-hybridized carbons (Fsp3) is 0.111. The second kappa shape index (κ2) is 3.95. The van der Waals surface area contributed by atoms with Gasteiger partial charge in [0, 0.05) is 5.56 Å². The molecule has 0 radical (unpaired) electrons. The van der Waals surface area contributed by atoms with Crippen LogP contribution in [0.4, 0.5) is 8.78 Å². The number of benzene rings is 1. The van der Waals surface area contributed by atoms with Crippen LogP contribution in [0.1, 0.15) is 20.7 Å². The van der Waals surface area contributed by atoms with Crippen molar-refractivity contribution in [2.24, 2.45) is 0 Å². The minimum atomic E-state index is -3.06. The minimum absolute atomic E-state index is 0.0455. The van der Waals surface area contributed by atoms with Gasteiger partial charge in [0.1, 0.15) is 0 Å². The van der Waals surface area contributed by atoms with E-state index in [1.807, 2.05) is 0 Å². The van der Waals surface area contributed by atoms with Gasteiger partial charge in [-0.15, -0.1) is 0 Å². The van der Waals surface area contributed by atoms with E-state index < -0.39 is 18.2 Å². The van der Waals surface area contributed by atoms with E-state index in [1.54, 1.807) is 0 Å². The molecule has 0 aliphatic heterocycles. The van der Waals surface area contributed by atoms with Gasteiger partial charge in [0.15, 0.2) is 0 Å². The Morgan fingerprint density at radius 2 is 1.50 bits per heavy atom. The number of carbonyl (C=O) groups excluding carboxylic acids is 1. The average molecular weight is 200 g/mol. The Labute approximate surface area is 78.0 Å². The van der Waals surface area contributed by atoms with Crippen molar-refractivity contribution in [1.29, 1.82) is 0 Å². The molecule has 0 bridgehead atoms. The van der Waals surface area contributed by atoms with Crippen LogP contribution in [0.2, 0.25) is 0 Å². The maximum absolute atomic E-state index is 11.9. The zero-order valence-corrected chi connectivity index (χ0v) is 6.91. The fourth-order valence-corrected chi connectivity index (χ4v) is 0.903. The summed E-state index contributed by atoms with van der Waals surface area (Å²) < 4.78 is 23.8. The highest BCUT2D eigenvalue weighted by Crippen LogP contribution is 2.09. The maximum Gasteiger partial charge on any atom is 0.335 e. The van der Waals surface area contributed by atoms with Crippen molar-refractivity contribution in [2.45, 2.75) is 6.43 Å². The van der Waals surface area contributed by atoms with Crippen molar-refractivity contribution in [3.05, 3.63) is 35.4 Å². The molecule has 0 atom stereocenters. The Balaban J connectivity index is 2.94. The number of aromatic carboxylic acids is 1. The predicted molar refractivity (Wildman–Crippen MR) is 43.7 cm³/mol. The van der Waals surface area contributed by atoms with Crippen LogP contribution in [-0.4, -0.2) is 23.3 Å². The molecule has 3 nitrogen and oxygen atoms in total. The molecule has 0 amide bonds. The SMILES string of the molecule is O=C(O)c1ccc(C(=O)C(F)F)cc1. The molecular weight excluding hydrogens is 194 g/mol. The summed E-state index contributed by atoms with van der Waals surface area (Å²) >= 11 is 0. The Hall–Kier alpha value is -1.78. The van der Waals surface area contributed by atoms with Gasteiger partial charge < -0.3 is 5.11 Å². The molecule has 0 aromatic heterocycles. The highest BCUT2D eigenvalue weighted by atomic mass is 19.3. The largest absolute Gasteiger partial charge is 0.478 e. The van der Waals surface area contributed by atoms with E-state index in [1.165, 1.54) is 0 Å². The number of hydrogen-bond donors (Lipinski definition) is 1. The summed E-state index contributed by atoms with van der Waals surface area (Å²) in [6, 6.07) is 4.35. The van der Waals surface area contributed by atoms with E-state index in [2.05, 4.69) is 0 Å². The molecule has 0 aliphatic rings. The molecule has 5 heteroatoms. The minimum Gasteiger partial charge on any atom is -0.478 e. The highest BCUT2D eigenvalue weighted by molar-refractivity contribution is 5.99. The van der Waals surface area contributed by atoms with E-state index in [0.29, 0.717) is 0 Å². The average Bonchev–Trinajstić information content (AvgIpc) is 2.16. The zero-order valence-electron chi connectivity index (χ0n) is 6.91. The van der Waals surface area contributed by atoms with E-state index >= 15 is 0 Å². The fourth-order valence-electron chi connectivity index (χ4n) is 0.903. The molecule has 1 aromatic rings. The normalized spacial score (nSPS) is 10.2. The summed E-state index contributed by atoms with van der Waals surface area (Å²) in [5.74, 6) is -2.47. The van der Waals surface area contributed by atoms with E-state index in [4.69, 9.17) is 5.11 Å². The van der Waals surface area contributed by atoms with Crippen LogP contribution in [0.25, 0.3) is 0 Å². The molecule has 0 spiro atoms. The number of rotatable bonds is 3. The summed E-state index contributed by atoms with van der Waals surface area (Å²) in [4.78, 5) is 21.1. The number of ketones is 1. The van der Waals surface area contributed by atoms with Gasteiger partial charge in [-0.1, -0.05) is 12.1 Å². The third-order valence-corrected chi connectivity index (χ3v) is 1.61. The van der Waals surface area contributed by atoms with Gasteiger partial charge in [0.25, 0.3) is 0 Å². The number of carboxylic acids is 1. The van der Waals surface area contributed by atoms with Crippen molar-refractivity contribution in [1.82, 2.24) is 0 Å². The number of carboxylic acid groups (broad SMARTS) is 1. The molecule has 1 aromatic carbocycles. The Morgan fingerprint density at radius 3 is 1.86 bits per heavy atom. The van der Waals surface area contributed by atoms with Gasteiger partial charge in [-0.25, -0.2) is 13.6 Å². The summed E-state index contributed by atoms with van der Waals surface area (Å²) in [7, 11) is 0. The molecule has 0 unspecified atom stereocenters. The van der Waals surface area contributed by atoms with E-state index in [-0.39, 0.29) is 11.1 Å². The molecule has 0 saturated heterocycles. The molecule has 74 valence electrons. The summed E-state index contributed by atoms with van der Waals surface area (Å²) in [5.41, 5.74) is -0.235. The standard InChI is InChI=1S/C9H6F2O3/c10-8(11)7(12)5-1-3-6(4-2-5)9(13)14/h1-4,8H,(H,13,14). The molecule has 0 aliphatic carbocycles. The van der Waals surface area contributed by atoms with Gasteiger partial charge in [-0.05, 0) is 12.1 Å². The maximum atomic E-state index is 11.9. The lowest BCUT2D eigenvalue weighted by molar-refractivity contribution is 0.0674. The van der Waals surface area contributed by atoms with Crippen molar-refractivity contribution in [3.63, 3.8) is 0 Å².